The summed E-state index contributed by atoms with van der Waals surface area (Å²) in [5.41, 5.74) is 25.8. The van der Waals surface area contributed by atoms with Crippen molar-refractivity contribution in [1.82, 2.24) is 25.1 Å². The maximum atomic E-state index is 8.12. The van der Waals surface area contributed by atoms with Crippen molar-refractivity contribution in [3.63, 3.8) is 0 Å². The second-order valence-electron chi connectivity index (χ2n) is 33.3. The zero-order chi connectivity index (χ0) is 92.6. The van der Waals surface area contributed by atoms with E-state index in [-0.39, 0.29) is 5.69 Å². The van der Waals surface area contributed by atoms with Gasteiger partial charge in [0, 0.05) is 119 Å². The third-order valence-electron chi connectivity index (χ3n) is 25.3. The van der Waals surface area contributed by atoms with Gasteiger partial charge in [-0.3, -0.25) is 0 Å². The highest BCUT2D eigenvalue weighted by Crippen LogP contribution is 2.47. The lowest BCUT2D eigenvalue weighted by atomic mass is 9.96. The van der Waals surface area contributed by atoms with E-state index in [4.69, 9.17) is 30.3 Å². The lowest BCUT2D eigenvalue weighted by Gasteiger charge is -2.07. The fraction of sp³-hybridized carbons (Fsp3) is 0.124. The van der Waals surface area contributed by atoms with Crippen LogP contribution in [-0.2, 0) is 35.2 Å². The largest absolute Gasteiger partial charge is 0.454 e. The number of benzene rings is 15. The van der Waals surface area contributed by atoms with E-state index >= 15 is 0 Å². The van der Waals surface area contributed by atoms with Gasteiger partial charge in [0.2, 0.25) is 22.8 Å². The molecular formula is C113H93N10O5+5. The molecule has 15 aromatic carbocycles. The fourth-order valence-electron chi connectivity index (χ4n) is 18.8. The van der Waals surface area contributed by atoms with Gasteiger partial charge in [0.1, 0.15) is 55.9 Å². The Morgan fingerprint density at radius 1 is 0.281 bits per heavy atom. The molecule has 128 heavy (non-hydrogen) atoms. The van der Waals surface area contributed by atoms with Crippen molar-refractivity contribution in [1.29, 1.82) is 0 Å². The smallest absolute Gasteiger partial charge is 0.243 e. The summed E-state index contributed by atoms with van der Waals surface area (Å²) < 4.78 is 90.9. The van der Waals surface area contributed by atoms with Crippen LogP contribution >= 0.6 is 0 Å². The molecule has 0 radical (unpaired) electrons. The molecule has 0 atom stereocenters. The Kier molecular flexibility index (Phi) is 18.0. The van der Waals surface area contributed by atoms with Gasteiger partial charge >= 0.3 is 0 Å². The van der Waals surface area contributed by atoms with Crippen LogP contribution in [0, 0.1) is 62.2 Å². The van der Waals surface area contributed by atoms with E-state index in [1.807, 2.05) is 143 Å². The van der Waals surface area contributed by atoms with Gasteiger partial charge < -0.3 is 22.1 Å². The molecule has 0 unspecified atom stereocenters. The molecule has 0 N–H and O–H groups in total. The van der Waals surface area contributed by atoms with Crippen LogP contribution < -0.4 is 23.4 Å². The van der Waals surface area contributed by atoms with E-state index in [1.54, 1.807) is 40.9 Å². The molecule has 25 aromatic rings. The number of hydrogen-bond donors (Lipinski definition) is 0. The molecule has 0 aliphatic carbocycles. The monoisotopic (exact) mass is 1680 g/mol. The second-order valence-corrected chi connectivity index (χ2v) is 33.3. The highest BCUT2D eigenvalue weighted by atomic mass is 16.3. The first-order valence-corrected chi connectivity index (χ1v) is 42.8. The summed E-state index contributed by atoms with van der Waals surface area (Å²) in [6.45, 7) is 10.1. The van der Waals surface area contributed by atoms with E-state index in [0.29, 0.717) is 22.1 Å². The normalized spacial score (nSPS) is 12.6. The maximum Gasteiger partial charge on any atom is 0.243 e. The number of hydrogen-bond acceptors (Lipinski definition) is 9. The van der Waals surface area contributed by atoms with E-state index in [1.165, 1.54) is 43.8 Å². The minimum absolute atomic E-state index is 0.0733. The number of furan rings is 5. The summed E-state index contributed by atoms with van der Waals surface area (Å²) >= 11 is 0. The van der Waals surface area contributed by atoms with Crippen molar-refractivity contribution in [3.8, 4) is 50.7 Å². The Morgan fingerprint density at radius 3 is 1.16 bits per heavy atom. The Hall–Kier alpha value is -15.9. The molecular weight excluding hydrogens is 1580 g/mol. The predicted octanol–water partition coefficient (Wildman–Crippen LogP) is 25.6. The molecule has 10 heterocycles. The Labute approximate surface area is 746 Å². The van der Waals surface area contributed by atoms with Gasteiger partial charge in [0.25, 0.3) is 0 Å². The van der Waals surface area contributed by atoms with E-state index < -0.39 is 13.7 Å². The van der Waals surface area contributed by atoms with Gasteiger partial charge in [0.15, 0.2) is 52.7 Å². The van der Waals surface area contributed by atoms with Crippen LogP contribution in [0.25, 0.3) is 214 Å². The number of rotatable bonds is 5. The van der Waals surface area contributed by atoms with Crippen LogP contribution in [0.5, 0.6) is 0 Å². The molecule has 0 bridgehead atoms. The van der Waals surface area contributed by atoms with Crippen molar-refractivity contribution in [2.45, 2.75) is 62.2 Å². The maximum absolute atomic E-state index is 8.12. The SMILES string of the molecule is Cc1cc2c(oc3c4ccccc4ccc23)c(-c2cccn[n+]2C)c1C.Cc1ccc2c(oc3c4ccccc4ccc23)c1-n1ccc[n+]1C.Cc1cn[n+](C)c(-c2c(C)ccc3c2oc2c4ccccc4ccc32)c1.[2H]C([2H])([2H])c1cc(C)c(-c2cccn[n+]2C)c2oc3c4ccccc4ccc3c12.[2H]C([2H])([2H])c1ccc(-c2c(C)ccc3c2oc2c4ccccc4ccc32)[n+](C)n1. The van der Waals surface area contributed by atoms with Gasteiger partial charge in [0.05, 0.1) is 47.0 Å². The van der Waals surface area contributed by atoms with E-state index in [0.717, 1.165) is 193 Å². The topological polar surface area (TPSA) is 142 Å². The molecule has 0 aliphatic rings. The van der Waals surface area contributed by atoms with Crippen molar-refractivity contribution in [2.24, 2.45) is 35.2 Å². The zero-order valence-electron chi connectivity index (χ0n) is 79.0. The first kappa shape index (κ1) is 72.6. The number of nitrogens with zero attached hydrogens (tertiary/aromatic N) is 10. The minimum atomic E-state index is -2.25. The van der Waals surface area contributed by atoms with Crippen LogP contribution in [0.3, 0.4) is 0 Å². The van der Waals surface area contributed by atoms with E-state index in [9.17, 15) is 0 Å². The Balaban J connectivity index is 0.000000101. The third kappa shape index (κ3) is 13.4. The molecule has 0 amide bonds. The number of fused-ring (bicyclic) bond motifs is 25. The fourth-order valence-corrected chi connectivity index (χ4v) is 18.8. The Morgan fingerprint density at radius 2 is 0.680 bits per heavy atom. The summed E-state index contributed by atoms with van der Waals surface area (Å²) in [4.78, 5) is 0. The van der Waals surface area contributed by atoms with Crippen molar-refractivity contribution >= 4 is 164 Å². The highest BCUT2D eigenvalue weighted by molar-refractivity contribution is 6.22. The standard InChI is InChI=1S/4C23H19N2O.C21H17N2O/c1-14-13-19-18-11-10-16-7-4-5-8-17(16)22(18)26-23(19)21(15(14)2)20-9-6-12-24-25(20)3;1-14-13-15(2)21(19-9-6-12-24-25(19)3)23-20(14)18-11-10-16-7-4-5-8-17(16)22(18)26-23;1-14-8-11-19-18-12-10-16-6-4-5-7-17(16)22(18)26-23(19)21(14)20-13-9-15(2)24-25(20)3;1-14-12-20(25(3)24-13-14)21-15(2)8-10-19-18-11-9-16-6-4-5-7-17(16)22(18)26-23(19)21;1-14-8-10-18-17-11-9-15-6-3-4-7-16(15)20(17)24-21(18)19(14)23-13-5-12-22(23)2/h4*4-13H,1-3H3;3-13H,1-2H3/q5*+1/i;1D3;2D3;;. The van der Waals surface area contributed by atoms with Gasteiger partial charge in [-0.15, -0.1) is 9.36 Å². The van der Waals surface area contributed by atoms with Gasteiger partial charge in [-0.2, -0.15) is 0 Å². The van der Waals surface area contributed by atoms with Crippen LogP contribution in [0.2, 0.25) is 0 Å². The summed E-state index contributed by atoms with van der Waals surface area (Å²) in [6, 6.07) is 94.8. The third-order valence-corrected chi connectivity index (χ3v) is 25.3. The highest BCUT2D eigenvalue weighted by Gasteiger charge is 2.29. The molecule has 0 saturated carbocycles. The summed E-state index contributed by atoms with van der Waals surface area (Å²) in [5, 5.41) is 39.3. The lowest BCUT2D eigenvalue weighted by molar-refractivity contribution is -0.744. The molecule has 10 aromatic heterocycles. The molecule has 15 nitrogen and oxygen atoms in total. The molecule has 0 saturated heterocycles. The predicted molar refractivity (Wildman–Crippen MR) is 517 cm³/mol. The van der Waals surface area contributed by atoms with Gasteiger partial charge in [-0.1, -0.05) is 213 Å². The minimum Gasteiger partial charge on any atom is -0.454 e. The van der Waals surface area contributed by atoms with Gasteiger partial charge in [-0.05, 0) is 209 Å². The first-order chi connectivity index (χ1) is 64.7. The second kappa shape index (κ2) is 31.7. The molecule has 0 spiro atoms. The summed E-state index contributed by atoms with van der Waals surface area (Å²) in [5.74, 6) is 0. The quantitative estimate of drug-likeness (QED) is 0.154. The van der Waals surface area contributed by atoms with Gasteiger partial charge in [-0.25, -0.2) is 0 Å². The number of aryl methyl sites for hydroxylation is 13. The van der Waals surface area contributed by atoms with Crippen LogP contribution in [0.15, 0.2) is 332 Å². The lowest BCUT2D eigenvalue weighted by Crippen LogP contribution is -2.37. The summed E-state index contributed by atoms with van der Waals surface area (Å²) in [7, 11) is 9.62. The molecule has 0 aliphatic heterocycles. The van der Waals surface area contributed by atoms with Crippen molar-refractivity contribution in [2.75, 3.05) is 0 Å². The zero-order valence-corrected chi connectivity index (χ0v) is 73.0. The van der Waals surface area contributed by atoms with Crippen LogP contribution in [-0.4, -0.2) is 25.1 Å². The van der Waals surface area contributed by atoms with Crippen molar-refractivity contribution < 1.29 is 53.7 Å². The summed E-state index contributed by atoms with van der Waals surface area (Å²) in [6.07, 6.45) is 9.51. The molecule has 15 heteroatoms. The molecule has 0 fully saturated rings. The molecule has 620 valence electrons. The number of aromatic nitrogens is 10. The molecule has 25 rings (SSSR count). The average molecular weight is 1680 g/mol. The first-order valence-electron chi connectivity index (χ1n) is 45.8. The van der Waals surface area contributed by atoms with Crippen LogP contribution in [0.1, 0.15) is 58.4 Å². The average Bonchev–Trinajstić information content (AvgIpc) is 1.56. The van der Waals surface area contributed by atoms with Crippen molar-refractivity contribution in [3.05, 3.63) is 360 Å². The van der Waals surface area contributed by atoms with E-state index in [2.05, 4.69) is 259 Å². The Bertz CT molecular complexity index is 9130. The van der Waals surface area contributed by atoms with Crippen LogP contribution in [0.4, 0.5) is 0 Å².